The third-order valence-corrected chi connectivity index (χ3v) is 5.01. The molecule has 0 radical (unpaired) electrons. The van der Waals surface area contributed by atoms with Crippen molar-refractivity contribution in [2.24, 2.45) is 0 Å². The van der Waals surface area contributed by atoms with E-state index in [0.29, 0.717) is 11.3 Å². The number of ketones is 1. The second-order valence-electron chi connectivity index (χ2n) is 7.15. The normalized spacial score (nSPS) is 16.4. The summed E-state index contributed by atoms with van der Waals surface area (Å²) in [6, 6.07) is 12.6. The van der Waals surface area contributed by atoms with Crippen LogP contribution in [0.2, 0.25) is 0 Å². The highest BCUT2D eigenvalue weighted by Crippen LogP contribution is 2.24. The largest absolute Gasteiger partial charge is 0.507 e. The minimum absolute atomic E-state index is 0.0902. The Morgan fingerprint density at radius 2 is 1.89 bits per heavy atom. The van der Waals surface area contributed by atoms with Crippen LogP contribution in [0.1, 0.15) is 21.5 Å². The second kappa shape index (κ2) is 8.37. The molecule has 1 fully saturated rings. The standard InChI is InChI=1S/C22H25NO4/c1-23(11-13-27-14-12-23)16-19-5-3-17(15-22(19)25)4-10-21(24)18-6-8-20(26-2)9-7-18/h3-10,15H,11-14,16H2,1-2H3/p+1/b10-4+. The van der Waals surface area contributed by atoms with E-state index in [1.165, 1.54) is 6.08 Å². The van der Waals surface area contributed by atoms with Gasteiger partial charge in [0.15, 0.2) is 5.78 Å². The Balaban J connectivity index is 1.67. The van der Waals surface area contributed by atoms with Crippen molar-refractivity contribution in [3.63, 3.8) is 0 Å². The van der Waals surface area contributed by atoms with Crippen molar-refractivity contribution in [2.75, 3.05) is 40.5 Å². The van der Waals surface area contributed by atoms with Crippen LogP contribution in [0.4, 0.5) is 0 Å². The van der Waals surface area contributed by atoms with E-state index < -0.39 is 0 Å². The molecule has 142 valence electrons. The van der Waals surface area contributed by atoms with E-state index in [1.807, 2.05) is 12.1 Å². The van der Waals surface area contributed by atoms with Gasteiger partial charge in [-0.3, -0.25) is 4.79 Å². The van der Waals surface area contributed by atoms with Gasteiger partial charge in [-0.1, -0.05) is 12.1 Å². The molecule has 2 aromatic carbocycles. The summed E-state index contributed by atoms with van der Waals surface area (Å²) < 4.78 is 11.4. The monoisotopic (exact) mass is 368 g/mol. The first-order valence-electron chi connectivity index (χ1n) is 9.09. The fraction of sp³-hybridized carbons (Fsp3) is 0.318. The maximum atomic E-state index is 12.3. The van der Waals surface area contributed by atoms with Gasteiger partial charge in [0.25, 0.3) is 0 Å². The van der Waals surface area contributed by atoms with Crippen LogP contribution >= 0.6 is 0 Å². The van der Waals surface area contributed by atoms with Gasteiger partial charge < -0.3 is 19.1 Å². The molecule has 0 aliphatic carbocycles. The van der Waals surface area contributed by atoms with E-state index in [0.717, 1.165) is 48.5 Å². The molecule has 0 spiro atoms. The van der Waals surface area contributed by atoms with Crippen molar-refractivity contribution < 1.29 is 23.9 Å². The number of quaternary nitrogens is 1. The number of hydrogen-bond donors (Lipinski definition) is 1. The summed E-state index contributed by atoms with van der Waals surface area (Å²) in [5.74, 6) is 0.889. The van der Waals surface area contributed by atoms with Crippen molar-refractivity contribution in [2.45, 2.75) is 6.54 Å². The van der Waals surface area contributed by atoms with Crippen LogP contribution in [0, 0.1) is 0 Å². The van der Waals surface area contributed by atoms with Gasteiger partial charge in [-0.05, 0) is 48.0 Å². The number of hydrogen-bond acceptors (Lipinski definition) is 4. The quantitative estimate of drug-likeness (QED) is 0.483. The van der Waals surface area contributed by atoms with Crippen molar-refractivity contribution >= 4 is 11.9 Å². The lowest BCUT2D eigenvalue weighted by Crippen LogP contribution is -2.51. The Labute approximate surface area is 160 Å². The Kier molecular flexibility index (Phi) is 5.94. The fourth-order valence-electron chi connectivity index (χ4n) is 3.19. The highest BCUT2D eigenvalue weighted by atomic mass is 16.5. The van der Waals surface area contributed by atoms with Crippen molar-refractivity contribution in [3.05, 3.63) is 65.2 Å². The summed E-state index contributed by atoms with van der Waals surface area (Å²) in [6.07, 6.45) is 3.24. The van der Waals surface area contributed by atoms with Crippen molar-refractivity contribution in [1.29, 1.82) is 0 Å². The van der Waals surface area contributed by atoms with Gasteiger partial charge in [0.2, 0.25) is 0 Å². The summed E-state index contributed by atoms with van der Waals surface area (Å²) in [6.45, 7) is 4.16. The Bertz CT molecular complexity index is 821. The van der Waals surface area contributed by atoms with Crippen LogP contribution in [-0.4, -0.2) is 55.8 Å². The van der Waals surface area contributed by atoms with Crippen LogP contribution in [-0.2, 0) is 11.3 Å². The third-order valence-electron chi connectivity index (χ3n) is 5.01. The minimum atomic E-state index is -0.0902. The molecule has 0 amide bonds. The molecule has 2 aromatic rings. The number of methoxy groups -OCH3 is 1. The number of benzene rings is 2. The highest BCUT2D eigenvalue weighted by molar-refractivity contribution is 6.06. The zero-order valence-electron chi connectivity index (χ0n) is 15.9. The fourth-order valence-corrected chi connectivity index (χ4v) is 3.19. The maximum Gasteiger partial charge on any atom is 0.185 e. The first-order chi connectivity index (χ1) is 13.0. The number of ether oxygens (including phenoxy) is 2. The number of rotatable bonds is 6. The number of nitrogens with zero attached hydrogens (tertiary/aromatic N) is 1. The molecule has 1 heterocycles. The lowest BCUT2D eigenvalue weighted by molar-refractivity contribution is -0.929. The summed E-state index contributed by atoms with van der Waals surface area (Å²) in [4.78, 5) is 12.3. The number of carbonyl (C=O) groups excluding carboxylic acids is 1. The molecular weight excluding hydrogens is 342 g/mol. The molecule has 0 atom stereocenters. The van der Waals surface area contributed by atoms with Gasteiger partial charge >= 0.3 is 0 Å². The van der Waals surface area contributed by atoms with E-state index in [4.69, 9.17) is 9.47 Å². The molecule has 0 bridgehead atoms. The van der Waals surface area contributed by atoms with Gasteiger partial charge in [0, 0.05) is 11.1 Å². The minimum Gasteiger partial charge on any atom is -0.507 e. The summed E-state index contributed by atoms with van der Waals surface area (Å²) in [7, 11) is 3.78. The van der Waals surface area contributed by atoms with Gasteiger partial charge in [-0.25, -0.2) is 0 Å². The molecule has 5 nitrogen and oxygen atoms in total. The number of aromatic hydroxyl groups is 1. The molecule has 0 aromatic heterocycles. The molecule has 1 N–H and O–H groups in total. The van der Waals surface area contributed by atoms with Gasteiger partial charge in [0.1, 0.15) is 31.1 Å². The molecule has 3 rings (SSSR count). The Morgan fingerprint density at radius 3 is 2.52 bits per heavy atom. The molecular formula is C22H26NO4+. The van der Waals surface area contributed by atoms with Crippen LogP contribution in [0.25, 0.3) is 6.08 Å². The molecule has 0 saturated carbocycles. The van der Waals surface area contributed by atoms with Crippen LogP contribution in [0.3, 0.4) is 0 Å². The predicted molar refractivity (Wildman–Crippen MR) is 105 cm³/mol. The van der Waals surface area contributed by atoms with Crippen molar-refractivity contribution in [3.8, 4) is 11.5 Å². The van der Waals surface area contributed by atoms with E-state index in [1.54, 1.807) is 43.5 Å². The highest BCUT2D eigenvalue weighted by Gasteiger charge is 2.26. The van der Waals surface area contributed by atoms with Gasteiger partial charge in [-0.2, -0.15) is 0 Å². The van der Waals surface area contributed by atoms with E-state index >= 15 is 0 Å². The maximum absolute atomic E-state index is 12.3. The molecule has 1 aliphatic rings. The van der Waals surface area contributed by atoms with Crippen molar-refractivity contribution in [1.82, 2.24) is 0 Å². The first-order valence-corrected chi connectivity index (χ1v) is 9.09. The summed E-state index contributed by atoms with van der Waals surface area (Å²) in [5.41, 5.74) is 2.30. The second-order valence-corrected chi connectivity index (χ2v) is 7.15. The summed E-state index contributed by atoms with van der Waals surface area (Å²) in [5, 5.41) is 10.4. The molecule has 0 unspecified atom stereocenters. The number of morpholine rings is 1. The number of carbonyl (C=O) groups is 1. The van der Waals surface area contributed by atoms with E-state index in [2.05, 4.69) is 7.05 Å². The van der Waals surface area contributed by atoms with Crippen LogP contribution < -0.4 is 4.74 Å². The average Bonchev–Trinajstić information content (AvgIpc) is 2.68. The van der Waals surface area contributed by atoms with Crippen LogP contribution in [0.15, 0.2) is 48.5 Å². The van der Waals surface area contributed by atoms with Gasteiger partial charge in [0.05, 0.1) is 27.4 Å². The van der Waals surface area contributed by atoms with E-state index in [9.17, 15) is 9.90 Å². The first kappa shape index (κ1) is 19.1. The molecule has 27 heavy (non-hydrogen) atoms. The van der Waals surface area contributed by atoms with Crippen LogP contribution in [0.5, 0.6) is 11.5 Å². The number of allylic oxidation sites excluding steroid dienone is 1. The smallest absolute Gasteiger partial charge is 0.185 e. The SMILES string of the molecule is COc1ccc(C(=O)/C=C/c2ccc(C[N+]3(C)CCOCC3)c(O)c2)cc1. The number of likely N-dealkylation sites (N-methyl/N-ethyl adjacent to an activating group) is 1. The average molecular weight is 368 g/mol. The van der Waals surface area contributed by atoms with Gasteiger partial charge in [-0.15, -0.1) is 0 Å². The topological polar surface area (TPSA) is 55.8 Å². The lowest BCUT2D eigenvalue weighted by atomic mass is 10.1. The Morgan fingerprint density at radius 1 is 1.19 bits per heavy atom. The van der Waals surface area contributed by atoms with E-state index in [-0.39, 0.29) is 11.5 Å². The molecule has 5 heteroatoms. The third kappa shape index (κ3) is 4.96. The summed E-state index contributed by atoms with van der Waals surface area (Å²) >= 11 is 0. The Hall–Kier alpha value is -2.63. The molecule has 1 aliphatic heterocycles. The number of phenols is 1. The predicted octanol–water partition coefficient (Wildman–Crippen LogP) is 3.27. The zero-order valence-corrected chi connectivity index (χ0v) is 15.9. The lowest BCUT2D eigenvalue weighted by Gasteiger charge is -2.37. The zero-order chi connectivity index (χ0) is 19.3. The molecule has 1 saturated heterocycles. The number of phenolic OH excluding ortho intramolecular Hbond substituents is 1.